The second kappa shape index (κ2) is 14.1. The molecule has 0 spiro atoms. The number of rotatable bonds is 17. The Morgan fingerprint density at radius 3 is 1.98 bits per heavy atom. The quantitative estimate of drug-likeness (QED) is 0.113. The van der Waals surface area contributed by atoms with Crippen LogP contribution < -0.4 is 8.31 Å². The van der Waals surface area contributed by atoms with E-state index in [0.717, 1.165) is 28.5 Å². The van der Waals surface area contributed by atoms with Crippen LogP contribution in [0.5, 0.6) is 5.75 Å². The van der Waals surface area contributed by atoms with Gasteiger partial charge < -0.3 is 14.0 Å². The Hall–Kier alpha value is -3.23. The highest BCUT2D eigenvalue weighted by molar-refractivity contribution is 8.05. The number of halogens is 6. The second-order valence-corrected chi connectivity index (χ2v) is 15.5. The van der Waals surface area contributed by atoms with E-state index in [-0.39, 0.29) is 30.2 Å². The normalized spacial score (nSPS) is 14.2. The molecule has 0 amide bonds. The molecule has 47 heavy (non-hydrogen) atoms. The number of hydrogen-bond acceptors (Lipinski definition) is 9. The van der Waals surface area contributed by atoms with E-state index in [4.69, 9.17) is 9.84 Å². The lowest BCUT2D eigenvalue weighted by atomic mass is 9.90. The van der Waals surface area contributed by atoms with Crippen LogP contribution in [-0.4, -0.2) is 72.9 Å². The molecule has 19 heteroatoms. The van der Waals surface area contributed by atoms with E-state index in [1.54, 1.807) is 12.1 Å². The van der Waals surface area contributed by atoms with Crippen molar-refractivity contribution in [2.75, 3.05) is 26.1 Å². The summed E-state index contributed by atoms with van der Waals surface area (Å²) in [5, 5.41) is -3.14. The molecule has 0 heterocycles. The molecule has 0 fully saturated rings. The zero-order chi connectivity index (χ0) is 35.5. The number of benzene rings is 3. The predicted molar refractivity (Wildman–Crippen MR) is 161 cm³/mol. The fourth-order valence-corrected chi connectivity index (χ4v) is 7.66. The number of ether oxygens (including phenoxy) is 1. The molecule has 0 saturated heterocycles. The van der Waals surface area contributed by atoms with Crippen LogP contribution in [0.25, 0.3) is 16.8 Å². The van der Waals surface area contributed by atoms with E-state index in [2.05, 4.69) is 10.8 Å². The highest BCUT2D eigenvalue weighted by atomic mass is 32.3. The van der Waals surface area contributed by atoms with Crippen molar-refractivity contribution in [3.63, 3.8) is 0 Å². The summed E-state index contributed by atoms with van der Waals surface area (Å²) in [4.78, 5) is 0. The molecule has 1 atom stereocenters. The minimum atomic E-state index is -7.23. The van der Waals surface area contributed by atoms with E-state index < -0.39 is 58.3 Å². The van der Waals surface area contributed by atoms with Crippen molar-refractivity contribution in [2.24, 2.45) is 0 Å². The fourth-order valence-electron chi connectivity index (χ4n) is 4.21. The molecule has 0 aliphatic carbocycles. The maximum atomic E-state index is 14.5. The Balaban J connectivity index is 1.93. The molecule has 10 nitrogen and oxygen atoms in total. The number of unbranched alkanes of at least 4 members (excludes halogenated alkanes) is 1. The third kappa shape index (κ3) is 8.26. The zero-order valence-corrected chi connectivity index (χ0v) is 26.8. The van der Waals surface area contributed by atoms with Gasteiger partial charge in [-0.15, -0.1) is 4.13 Å². The van der Waals surface area contributed by atoms with E-state index in [1.165, 1.54) is 12.1 Å². The van der Waals surface area contributed by atoms with Gasteiger partial charge in [-0.2, -0.15) is 34.8 Å². The number of fused-ring (bicyclic) bond motifs is 1. The molecule has 0 aliphatic rings. The standard InChI is InChI=1S/C28H29F6NO9S3/c1-3-19-6-7-22-17-23(9-8-21(22)16-19)25(18-43-15-5-4-14-36)20-10-12-24(13-11-20)44-47(41,42)28(33,34)26(29,30)27(31,32)46(39,40)35-45(2,37)38/h3,6-13,16-17,25,35-36H,1,4-5,14-15,18H2,2H3. The summed E-state index contributed by atoms with van der Waals surface area (Å²) in [6, 6.07) is 14.9. The number of hydrogen-bond donors (Lipinski definition) is 2. The molecule has 2 N–H and O–H groups in total. The average molecular weight is 734 g/mol. The smallest absolute Gasteiger partial charge is 0.396 e. The van der Waals surface area contributed by atoms with Gasteiger partial charge in [0.2, 0.25) is 10.0 Å². The van der Waals surface area contributed by atoms with Gasteiger partial charge in [0.25, 0.3) is 10.0 Å². The van der Waals surface area contributed by atoms with Crippen molar-refractivity contribution in [1.82, 2.24) is 4.13 Å². The van der Waals surface area contributed by atoms with Crippen LogP contribution in [0.15, 0.2) is 67.2 Å². The molecule has 0 saturated carbocycles. The van der Waals surface area contributed by atoms with Gasteiger partial charge in [0, 0.05) is 19.1 Å². The summed E-state index contributed by atoms with van der Waals surface area (Å²) in [6.45, 7) is 3.99. The summed E-state index contributed by atoms with van der Waals surface area (Å²) in [5.41, 5.74) is 1.98. The predicted octanol–water partition coefficient (Wildman–Crippen LogP) is 4.81. The minimum Gasteiger partial charge on any atom is -0.396 e. The number of alkyl halides is 6. The molecular formula is C28H29F6NO9S3. The van der Waals surface area contributed by atoms with Gasteiger partial charge in [0.1, 0.15) is 5.75 Å². The van der Waals surface area contributed by atoms with Crippen molar-refractivity contribution in [3.8, 4) is 5.75 Å². The van der Waals surface area contributed by atoms with Gasteiger partial charge in [-0.05, 0) is 58.5 Å². The highest BCUT2D eigenvalue weighted by Crippen LogP contribution is 2.51. The maximum Gasteiger partial charge on any atom is 0.450 e. The third-order valence-corrected chi connectivity index (χ3v) is 11.0. The first kappa shape index (κ1) is 38.2. The second-order valence-electron chi connectivity index (χ2n) is 10.2. The fraction of sp³-hybridized carbons (Fsp3) is 0.357. The van der Waals surface area contributed by atoms with Crippen molar-refractivity contribution in [2.45, 2.75) is 35.2 Å². The molecule has 0 aromatic heterocycles. The molecule has 0 aliphatic heterocycles. The lowest BCUT2D eigenvalue weighted by molar-refractivity contribution is -0.245. The molecular weight excluding hydrogens is 704 g/mol. The van der Waals surface area contributed by atoms with Crippen molar-refractivity contribution < 1.29 is 65.6 Å². The number of nitrogens with one attached hydrogen (secondary N) is 1. The first-order valence-corrected chi connectivity index (χ1v) is 18.1. The minimum absolute atomic E-state index is 0.0484. The Bertz CT molecular complexity index is 1920. The summed E-state index contributed by atoms with van der Waals surface area (Å²) in [7, 11) is -19.4. The van der Waals surface area contributed by atoms with Gasteiger partial charge >= 0.3 is 26.5 Å². The molecule has 1 unspecified atom stereocenters. The monoisotopic (exact) mass is 733 g/mol. The maximum absolute atomic E-state index is 14.5. The SMILES string of the molecule is C=Cc1ccc2cc(C(COCCCCO)c3ccc(OS(=O)(=O)C(F)(F)C(F)(F)C(F)(F)S(=O)(=O)NS(C)(=O)=O)cc3)ccc2c1. The molecule has 260 valence electrons. The summed E-state index contributed by atoms with van der Waals surface area (Å²) in [5.74, 6) is -8.81. The molecule has 3 aromatic carbocycles. The number of aliphatic hydroxyl groups is 1. The Kier molecular flexibility index (Phi) is 11.5. The van der Waals surface area contributed by atoms with Crippen LogP contribution in [0, 0.1) is 0 Å². The topological polar surface area (TPSA) is 153 Å². The van der Waals surface area contributed by atoms with Crippen molar-refractivity contribution in [3.05, 3.63) is 83.9 Å². The summed E-state index contributed by atoms with van der Waals surface area (Å²) in [6.07, 6.45) is 2.62. The van der Waals surface area contributed by atoms with Crippen molar-refractivity contribution in [1.29, 1.82) is 0 Å². The summed E-state index contributed by atoms with van der Waals surface area (Å²) >= 11 is 0. The van der Waals surface area contributed by atoms with Crippen LogP contribution in [0.4, 0.5) is 26.3 Å². The van der Waals surface area contributed by atoms with Crippen LogP contribution in [0.2, 0.25) is 0 Å². The van der Waals surface area contributed by atoms with Gasteiger partial charge in [-0.3, -0.25) is 0 Å². The van der Waals surface area contributed by atoms with E-state index in [9.17, 15) is 51.6 Å². The molecule has 0 bridgehead atoms. The van der Waals surface area contributed by atoms with Gasteiger partial charge in [0.05, 0.1) is 12.9 Å². The molecule has 0 radical (unpaired) electrons. The van der Waals surface area contributed by atoms with Crippen LogP contribution in [0.3, 0.4) is 0 Å². The van der Waals surface area contributed by atoms with E-state index in [1.807, 2.05) is 30.3 Å². The number of sulfonamides is 2. The zero-order valence-electron chi connectivity index (χ0n) is 24.4. The van der Waals surface area contributed by atoms with Crippen LogP contribution in [-0.2, 0) is 34.9 Å². The first-order chi connectivity index (χ1) is 21.6. The Morgan fingerprint density at radius 2 is 1.40 bits per heavy atom. The summed E-state index contributed by atoms with van der Waals surface area (Å²) < 4.78 is 166. The Morgan fingerprint density at radius 1 is 0.830 bits per heavy atom. The average Bonchev–Trinajstić information content (AvgIpc) is 2.97. The third-order valence-electron chi connectivity index (χ3n) is 6.64. The van der Waals surface area contributed by atoms with E-state index >= 15 is 0 Å². The highest BCUT2D eigenvalue weighted by Gasteiger charge is 2.83. The lowest BCUT2D eigenvalue weighted by Gasteiger charge is -2.30. The Labute approximate surface area is 267 Å². The van der Waals surface area contributed by atoms with Gasteiger partial charge in [-0.25, -0.2) is 16.8 Å². The first-order valence-electron chi connectivity index (χ1n) is 13.4. The molecule has 3 rings (SSSR count). The molecule has 3 aromatic rings. The number of aliphatic hydroxyl groups excluding tert-OH is 1. The largest absolute Gasteiger partial charge is 0.450 e. The van der Waals surface area contributed by atoms with Crippen LogP contribution in [0.1, 0.15) is 35.4 Å². The van der Waals surface area contributed by atoms with Gasteiger partial charge in [-0.1, -0.05) is 55.1 Å². The lowest BCUT2D eigenvalue weighted by Crippen LogP contribution is -2.63. The van der Waals surface area contributed by atoms with E-state index in [0.29, 0.717) is 24.0 Å². The van der Waals surface area contributed by atoms with Crippen LogP contribution >= 0.6 is 0 Å². The van der Waals surface area contributed by atoms with Crippen molar-refractivity contribution >= 4 is 47.0 Å². The van der Waals surface area contributed by atoms with Gasteiger partial charge in [0.15, 0.2) is 0 Å².